The van der Waals surface area contributed by atoms with Crippen LogP contribution in [0.2, 0.25) is 5.15 Å². The van der Waals surface area contributed by atoms with E-state index in [1.165, 1.54) is 4.90 Å². The van der Waals surface area contributed by atoms with Crippen LogP contribution >= 0.6 is 11.6 Å². The van der Waals surface area contributed by atoms with Gasteiger partial charge in [-0.2, -0.15) is 13.2 Å². The molecule has 0 bridgehead atoms. The summed E-state index contributed by atoms with van der Waals surface area (Å²) in [5.41, 5.74) is 0. The first-order chi connectivity index (χ1) is 10.4. The predicted octanol–water partition coefficient (Wildman–Crippen LogP) is 1.97. The molecule has 9 heteroatoms. The molecule has 0 amide bonds. The zero-order chi connectivity index (χ0) is 15.7. The number of rotatable bonds is 2. The molecule has 2 aliphatic rings. The number of aromatic nitrogens is 2. The van der Waals surface area contributed by atoms with Crippen molar-refractivity contribution in [3.8, 4) is 0 Å². The summed E-state index contributed by atoms with van der Waals surface area (Å²) < 4.78 is 43.5. The largest absolute Gasteiger partial charge is 0.401 e. The van der Waals surface area contributed by atoms with Crippen LogP contribution in [0.15, 0.2) is 12.1 Å². The van der Waals surface area contributed by atoms with Crippen LogP contribution in [0, 0.1) is 0 Å². The highest BCUT2D eigenvalue weighted by atomic mass is 35.5. The maximum Gasteiger partial charge on any atom is 0.401 e. The number of morpholine rings is 1. The SMILES string of the molecule is FC(F)(F)CN1CC[C@H]2OCCN(c3ccc(Cl)nn3)[C@H]2C1. The zero-order valence-electron chi connectivity index (χ0n) is 11.8. The van der Waals surface area contributed by atoms with Gasteiger partial charge >= 0.3 is 6.18 Å². The van der Waals surface area contributed by atoms with Crippen molar-refractivity contribution in [2.75, 3.05) is 37.7 Å². The normalized spacial score (nSPS) is 26.8. The minimum atomic E-state index is -4.19. The average Bonchev–Trinajstić information content (AvgIpc) is 2.46. The van der Waals surface area contributed by atoms with Crippen LogP contribution in [0.4, 0.5) is 19.0 Å². The Bertz CT molecular complexity index is 513. The highest BCUT2D eigenvalue weighted by Gasteiger charge is 2.41. The fourth-order valence-electron chi connectivity index (χ4n) is 3.08. The molecule has 0 N–H and O–H groups in total. The van der Waals surface area contributed by atoms with E-state index in [-0.39, 0.29) is 17.3 Å². The van der Waals surface area contributed by atoms with Gasteiger partial charge in [-0.1, -0.05) is 11.6 Å². The van der Waals surface area contributed by atoms with Gasteiger partial charge in [0.25, 0.3) is 0 Å². The second-order valence-electron chi connectivity index (χ2n) is 5.52. The molecule has 22 heavy (non-hydrogen) atoms. The smallest absolute Gasteiger partial charge is 0.374 e. The number of likely N-dealkylation sites (tertiary alicyclic amines) is 1. The Morgan fingerprint density at radius 3 is 2.77 bits per heavy atom. The fraction of sp³-hybridized carbons (Fsp3) is 0.692. The molecule has 3 rings (SSSR count). The summed E-state index contributed by atoms with van der Waals surface area (Å²) in [4.78, 5) is 3.40. The molecule has 0 spiro atoms. The molecule has 122 valence electrons. The van der Waals surface area contributed by atoms with Gasteiger partial charge in [0.15, 0.2) is 11.0 Å². The number of hydrogen-bond donors (Lipinski definition) is 0. The molecule has 0 unspecified atom stereocenters. The molecule has 0 saturated carbocycles. The maximum atomic E-state index is 12.6. The van der Waals surface area contributed by atoms with Crippen molar-refractivity contribution in [2.24, 2.45) is 0 Å². The average molecular weight is 337 g/mol. The van der Waals surface area contributed by atoms with Gasteiger partial charge in [-0.25, -0.2) is 0 Å². The Hall–Kier alpha value is -1.12. The summed E-state index contributed by atoms with van der Waals surface area (Å²) in [6.45, 7) is 0.910. The number of fused-ring (bicyclic) bond motifs is 1. The van der Waals surface area contributed by atoms with Gasteiger partial charge in [0.1, 0.15) is 0 Å². The Labute approximate surface area is 131 Å². The highest BCUT2D eigenvalue weighted by Crippen LogP contribution is 2.28. The molecule has 0 aromatic carbocycles. The predicted molar refractivity (Wildman–Crippen MR) is 75.0 cm³/mol. The topological polar surface area (TPSA) is 41.5 Å². The van der Waals surface area contributed by atoms with E-state index < -0.39 is 12.7 Å². The van der Waals surface area contributed by atoms with E-state index in [4.69, 9.17) is 16.3 Å². The van der Waals surface area contributed by atoms with E-state index in [9.17, 15) is 13.2 Å². The van der Waals surface area contributed by atoms with Gasteiger partial charge in [-0.3, -0.25) is 4.90 Å². The summed E-state index contributed by atoms with van der Waals surface area (Å²) in [5.74, 6) is 0.622. The lowest BCUT2D eigenvalue weighted by atomic mass is 9.98. The number of halogens is 4. The number of nitrogens with zero attached hydrogens (tertiary/aromatic N) is 4. The summed E-state index contributed by atoms with van der Waals surface area (Å²) in [6, 6.07) is 3.21. The fourth-order valence-corrected chi connectivity index (χ4v) is 3.18. The third-order valence-corrected chi connectivity index (χ3v) is 4.19. The molecule has 1 aromatic rings. The summed E-state index contributed by atoms with van der Waals surface area (Å²) in [6.07, 6.45) is -3.68. The van der Waals surface area contributed by atoms with Gasteiger partial charge in [0.2, 0.25) is 0 Å². The molecule has 3 heterocycles. The molecular formula is C13H16ClF3N4O. The van der Waals surface area contributed by atoms with Crippen molar-refractivity contribution in [1.29, 1.82) is 0 Å². The Kier molecular flexibility index (Phi) is 4.42. The molecule has 1 aromatic heterocycles. The maximum absolute atomic E-state index is 12.6. The monoisotopic (exact) mass is 336 g/mol. The van der Waals surface area contributed by atoms with E-state index in [0.29, 0.717) is 38.5 Å². The van der Waals surface area contributed by atoms with Crippen LogP contribution in [0.25, 0.3) is 0 Å². The summed E-state index contributed by atoms with van der Waals surface area (Å²) in [5, 5.41) is 8.14. The second-order valence-corrected chi connectivity index (χ2v) is 5.91. The first-order valence-electron chi connectivity index (χ1n) is 7.09. The lowest BCUT2D eigenvalue weighted by Crippen LogP contribution is -2.61. The summed E-state index contributed by atoms with van der Waals surface area (Å²) in [7, 11) is 0. The molecule has 2 aliphatic heterocycles. The third kappa shape index (κ3) is 3.61. The Balaban J connectivity index is 1.75. The Morgan fingerprint density at radius 2 is 2.09 bits per heavy atom. The summed E-state index contributed by atoms with van der Waals surface area (Å²) >= 11 is 5.73. The van der Waals surface area contributed by atoms with E-state index in [2.05, 4.69) is 10.2 Å². The first kappa shape index (κ1) is 15.8. The van der Waals surface area contributed by atoms with Crippen molar-refractivity contribution in [3.05, 3.63) is 17.3 Å². The van der Waals surface area contributed by atoms with E-state index in [0.717, 1.165) is 0 Å². The van der Waals surface area contributed by atoms with E-state index in [1.807, 2.05) is 4.90 Å². The van der Waals surface area contributed by atoms with Gasteiger partial charge in [0.05, 0.1) is 25.3 Å². The second kappa shape index (κ2) is 6.17. The zero-order valence-corrected chi connectivity index (χ0v) is 12.5. The molecule has 0 radical (unpaired) electrons. The molecule has 5 nitrogen and oxygen atoms in total. The quantitative estimate of drug-likeness (QED) is 0.826. The molecular weight excluding hydrogens is 321 g/mol. The number of hydrogen-bond acceptors (Lipinski definition) is 5. The van der Waals surface area contributed by atoms with Crippen LogP contribution < -0.4 is 4.90 Å². The number of ether oxygens (including phenoxy) is 1. The molecule has 0 aliphatic carbocycles. The van der Waals surface area contributed by atoms with Gasteiger partial charge in [-0.05, 0) is 18.6 Å². The van der Waals surface area contributed by atoms with Crippen LogP contribution in [-0.2, 0) is 4.74 Å². The van der Waals surface area contributed by atoms with Gasteiger partial charge in [-0.15, -0.1) is 10.2 Å². The number of anilines is 1. The lowest BCUT2D eigenvalue weighted by Gasteiger charge is -2.47. The number of alkyl halides is 3. The first-order valence-corrected chi connectivity index (χ1v) is 7.47. The van der Waals surface area contributed by atoms with E-state index in [1.54, 1.807) is 12.1 Å². The van der Waals surface area contributed by atoms with Crippen molar-refractivity contribution >= 4 is 17.4 Å². The Morgan fingerprint density at radius 1 is 1.27 bits per heavy atom. The molecule has 2 fully saturated rings. The minimum Gasteiger partial charge on any atom is -0.374 e. The third-order valence-electron chi connectivity index (χ3n) is 3.98. The molecule has 2 atom stereocenters. The standard InChI is InChI=1S/C13H16ClF3N4O/c14-11-1-2-12(19-18-11)21-5-6-22-10-3-4-20(7-9(10)21)8-13(15,16)17/h1-2,9-10H,3-8H2/t9-,10+/m0/s1. The lowest BCUT2D eigenvalue weighted by molar-refractivity contribution is -0.153. The van der Waals surface area contributed by atoms with Crippen LogP contribution in [0.5, 0.6) is 0 Å². The number of piperidine rings is 1. The van der Waals surface area contributed by atoms with Crippen molar-refractivity contribution < 1.29 is 17.9 Å². The minimum absolute atomic E-state index is 0.0734. The van der Waals surface area contributed by atoms with Gasteiger partial charge < -0.3 is 9.64 Å². The van der Waals surface area contributed by atoms with Crippen LogP contribution in [0.1, 0.15) is 6.42 Å². The van der Waals surface area contributed by atoms with Crippen molar-refractivity contribution in [1.82, 2.24) is 15.1 Å². The van der Waals surface area contributed by atoms with Crippen LogP contribution in [0.3, 0.4) is 0 Å². The van der Waals surface area contributed by atoms with E-state index >= 15 is 0 Å². The van der Waals surface area contributed by atoms with Gasteiger partial charge in [0, 0.05) is 19.6 Å². The van der Waals surface area contributed by atoms with Crippen molar-refractivity contribution in [2.45, 2.75) is 24.7 Å². The van der Waals surface area contributed by atoms with Crippen molar-refractivity contribution in [3.63, 3.8) is 0 Å². The van der Waals surface area contributed by atoms with Crippen LogP contribution in [-0.4, -0.2) is 66.2 Å². The molecule has 2 saturated heterocycles. The highest BCUT2D eigenvalue weighted by molar-refractivity contribution is 6.29.